The van der Waals surface area contributed by atoms with Gasteiger partial charge in [-0.2, -0.15) is 0 Å². The van der Waals surface area contributed by atoms with Crippen molar-refractivity contribution in [1.82, 2.24) is 19.9 Å². The van der Waals surface area contributed by atoms with E-state index in [2.05, 4.69) is 20.9 Å². The average molecular weight is 349 g/mol. The highest BCUT2D eigenvalue weighted by molar-refractivity contribution is 5.87. The van der Waals surface area contributed by atoms with Gasteiger partial charge in [0.05, 0.1) is 18.2 Å². The fourth-order valence-corrected chi connectivity index (χ4v) is 3.43. The predicted octanol–water partition coefficient (Wildman–Crippen LogP) is 2.79. The molecule has 6 nitrogen and oxygen atoms in total. The highest BCUT2D eigenvalue weighted by Gasteiger charge is 2.20. The Morgan fingerprint density at radius 1 is 1.12 bits per heavy atom. The van der Waals surface area contributed by atoms with Gasteiger partial charge in [0.1, 0.15) is 11.6 Å². The van der Waals surface area contributed by atoms with Gasteiger partial charge in [-0.1, -0.05) is 18.2 Å². The summed E-state index contributed by atoms with van der Waals surface area (Å²) >= 11 is 0. The van der Waals surface area contributed by atoms with Crippen LogP contribution < -0.4 is 5.73 Å². The van der Waals surface area contributed by atoms with E-state index < -0.39 is 0 Å². The molecule has 0 aliphatic carbocycles. The first kappa shape index (κ1) is 16.9. The smallest absolute Gasteiger partial charge is 0.145 e. The number of benzene rings is 1. The van der Waals surface area contributed by atoms with E-state index in [4.69, 9.17) is 15.5 Å². The van der Waals surface area contributed by atoms with Crippen LogP contribution in [0, 0.1) is 0 Å². The van der Waals surface area contributed by atoms with Gasteiger partial charge in [0.2, 0.25) is 0 Å². The molecule has 1 aromatic carbocycles. The maximum Gasteiger partial charge on any atom is 0.145 e. The van der Waals surface area contributed by atoms with Crippen LogP contribution in [0.3, 0.4) is 0 Å². The van der Waals surface area contributed by atoms with Gasteiger partial charge in [-0.3, -0.25) is 9.88 Å². The Hall–Kier alpha value is -2.57. The molecular formula is C20H23N5O. The Bertz CT molecular complexity index is 864. The Kier molecular flexibility index (Phi) is 5.04. The fraction of sp³-hybridized carbons (Fsp3) is 0.350. The van der Waals surface area contributed by atoms with Crippen molar-refractivity contribution in [2.45, 2.75) is 32.0 Å². The summed E-state index contributed by atoms with van der Waals surface area (Å²) in [5, 5.41) is 0.897. The number of para-hydroxylation sites is 1. The highest BCUT2D eigenvalue weighted by atomic mass is 16.5. The lowest BCUT2D eigenvalue weighted by atomic mass is 10.2. The SMILES string of the molecule is Nc1nc(CN(Cc2cccnc2)C[C@@H]2CCCO2)nc2ccccc12. The molecule has 1 aliphatic heterocycles. The summed E-state index contributed by atoms with van der Waals surface area (Å²) in [5.74, 6) is 1.27. The Labute approximate surface area is 153 Å². The maximum absolute atomic E-state index is 6.14. The molecule has 0 saturated carbocycles. The number of nitrogens with zero attached hydrogens (tertiary/aromatic N) is 4. The molecule has 0 unspecified atom stereocenters. The largest absolute Gasteiger partial charge is 0.383 e. The maximum atomic E-state index is 6.14. The lowest BCUT2D eigenvalue weighted by Gasteiger charge is -2.24. The van der Waals surface area contributed by atoms with Crippen LogP contribution in [0.15, 0.2) is 48.8 Å². The van der Waals surface area contributed by atoms with E-state index in [-0.39, 0.29) is 6.10 Å². The minimum Gasteiger partial charge on any atom is -0.383 e. The van der Waals surface area contributed by atoms with Crippen LogP contribution in [0.4, 0.5) is 5.82 Å². The highest BCUT2D eigenvalue weighted by Crippen LogP contribution is 2.20. The lowest BCUT2D eigenvalue weighted by Crippen LogP contribution is -2.32. The second-order valence-corrected chi connectivity index (χ2v) is 6.71. The molecule has 1 aliphatic rings. The Morgan fingerprint density at radius 2 is 2.04 bits per heavy atom. The molecule has 134 valence electrons. The van der Waals surface area contributed by atoms with Crippen LogP contribution in [-0.2, 0) is 17.8 Å². The number of rotatable bonds is 6. The summed E-state index contributed by atoms with van der Waals surface area (Å²) in [7, 11) is 0. The standard InChI is InChI=1S/C20H23N5O/c21-20-17-7-1-2-8-18(17)23-19(24-20)14-25(13-16-6-4-10-26-16)12-15-5-3-9-22-11-15/h1-3,5,7-9,11,16H,4,6,10,12-14H2,(H2,21,23,24)/t16-/m0/s1. The molecule has 6 heteroatoms. The molecule has 3 heterocycles. The molecule has 0 radical (unpaired) electrons. The number of hydrogen-bond donors (Lipinski definition) is 1. The van der Waals surface area contributed by atoms with Gasteiger partial charge in [-0.15, -0.1) is 0 Å². The second-order valence-electron chi connectivity index (χ2n) is 6.71. The zero-order valence-corrected chi connectivity index (χ0v) is 14.7. The molecule has 1 fully saturated rings. The van der Waals surface area contributed by atoms with Crippen LogP contribution in [-0.4, -0.2) is 39.1 Å². The number of nitrogen functional groups attached to an aromatic ring is 1. The first-order chi connectivity index (χ1) is 12.8. The minimum absolute atomic E-state index is 0.268. The van der Waals surface area contributed by atoms with Crippen LogP contribution in [0.25, 0.3) is 10.9 Å². The van der Waals surface area contributed by atoms with Gasteiger partial charge in [0.15, 0.2) is 0 Å². The van der Waals surface area contributed by atoms with Gasteiger partial charge in [0, 0.05) is 37.5 Å². The third-order valence-corrected chi connectivity index (χ3v) is 4.66. The second kappa shape index (κ2) is 7.76. The molecule has 2 aromatic heterocycles. The fourth-order valence-electron chi connectivity index (χ4n) is 3.43. The van der Waals surface area contributed by atoms with Crippen molar-refractivity contribution in [2.75, 3.05) is 18.9 Å². The van der Waals surface area contributed by atoms with Crippen molar-refractivity contribution < 1.29 is 4.74 Å². The zero-order chi connectivity index (χ0) is 17.8. The number of fused-ring (bicyclic) bond motifs is 1. The van der Waals surface area contributed by atoms with Crippen molar-refractivity contribution in [2.24, 2.45) is 0 Å². The van der Waals surface area contributed by atoms with E-state index in [1.807, 2.05) is 36.5 Å². The van der Waals surface area contributed by atoms with Crippen molar-refractivity contribution in [1.29, 1.82) is 0 Å². The van der Waals surface area contributed by atoms with Crippen molar-refractivity contribution >= 4 is 16.7 Å². The Balaban J connectivity index is 1.56. The number of anilines is 1. The number of pyridine rings is 1. The first-order valence-corrected chi connectivity index (χ1v) is 9.02. The molecule has 0 spiro atoms. The van der Waals surface area contributed by atoms with Gasteiger partial charge in [-0.25, -0.2) is 9.97 Å². The lowest BCUT2D eigenvalue weighted by molar-refractivity contribution is 0.0670. The van der Waals surface area contributed by atoms with E-state index in [1.54, 1.807) is 6.20 Å². The summed E-state index contributed by atoms with van der Waals surface area (Å²) in [5.41, 5.74) is 8.19. The monoisotopic (exact) mass is 349 g/mol. The molecule has 2 N–H and O–H groups in total. The third kappa shape index (κ3) is 3.98. The van der Waals surface area contributed by atoms with E-state index >= 15 is 0 Å². The van der Waals surface area contributed by atoms with Crippen molar-refractivity contribution in [3.05, 3.63) is 60.2 Å². The van der Waals surface area contributed by atoms with Crippen LogP contribution in [0.1, 0.15) is 24.2 Å². The number of hydrogen-bond acceptors (Lipinski definition) is 6. The third-order valence-electron chi connectivity index (χ3n) is 4.66. The quantitative estimate of drug-likeness (QED) is 0.737. The van der Waals surface area contributed by atoms with Crippen molar-refractivity contribution in [3.8, 4) is 0 Å². The van der Waals surface area contributed by atoms with Gasteiger partial charge in [-0.05, 0) is 36.6 Å². The van der Waals surface area contributed by atoms with Crippen LogP contribution >= 0.6 is 0 Å². The molecule has 0 amide bonds. The predicted molar refractivity (Wildman–Crippen MR) is 101 cm³/mol. The Morgan fingerprint density at radius 3 is 2.85 bits per heavy atom. The molecule has 4 rings (SSSR count). The topological polar surface area (TPSA) is 77.2 Å². The number of ether oxygens (including phenoxy) is 1. The first-order valence-electron chi connectivity index (χ1n) is 9.02. The molecule has 1 atom stereocenters. The summed E-state index contributed by atoms with van der Waals surface area (Å²) in [6.45, 7) is 3.11. The number of aromatic nitrogens is 3. The summed E-state index contributed by atoms with van der Waals surface area (Å²) in [4.78, 5) is 15.8. The zero-order valence-electron chi connectivity index (χ0n) is 14.7. The molecule has 3 aromatic rings. The van der Waals surface area contributed by atoms with Crippen LogP contribution in [0.2, 0.25) is 0 Å². The molecular weight excluding hydrogens is 326 g/mol. The van der Waals surface area contributed by atoms with E-state index in [9.17, 15) is 0 Å². The molecule has 26 heavy (non-hydrogen) atoms. The number of nitrogens with two attached hydrogens (primary N) is 1. The molecule has 0 bridgehead atoms. The van der Waals surface area contributed by atoms with Gasteiger partial charge >= 0.3 is 0 Å². The average Bonchev–Trinajstić information content (AvgIpc) is 3.16. The van der Waals surface area contributed by atoms with Gasteiger partial charge < -0.3 is 10.5 Å². The normalized spacial score (nSPS) is 17.2. The van der Waals surface area contributed by atoms with Crippen LogP contribution in [0.5, 0.6) is 0 Å². The van der Waals surface area contributed by atoms with E-state index in [0.717, 1.165) is 49.3 Å². The van der Waals surface area contributed by atoms with Gasteiger partial charge in [0.25, 0.3) is 0 Å². The molecule has 1 saturated heterocycles. The van der Waals surface area contributed by atoms with E-state index in [1.165, 1.54) is 5.56 Å². The van der Waals surface area contributed by atoms with E-state index in [0.29, 0.717) is 12.4 Å². The summed E-state index contributed by atoms with van der Waals surface area (Å²) in [6, 6.07) is 11.9. The minimum atomic E-state index is 0.268. The summed E-state index contributed by atoms with van der Waals surface area (Å²) < 4.78 is 5.83. The van der Waals surface area contributed by atoms with Crippen molar-refractivity contribution in [3.63, 3.8) is 0 Å². The summed E-state index contributed by atoms with van der Waals surface area (Å²) in [6.07, 6.45) is 6.19.